The van der Waals surface area contributed by atoms with E-state index in [1.807, 2.05) is 47.1 Å². The molecule has 0 amide bonds. The lowest BCUT2D eigenvalue weighted by atomic mass is 10.2. The van der Waals surface area contributed by atoms with E-state index in [1.165, 1.54) is 0 Å². The summed E-state index contributed by atoms with van der Waals surface area (Å²) in [5.74, 6) is 0.633. The molecule has 20 heavy (non-hydrogen) atoms. The molecule has 0 saturated heterocycles. The van der Waals surface area contributed by atoms with Gasteiger partial charge in [-0.1, -0.05) is 29.8 Å². The second kappa shape index (κ2) is 5.53. The third kappa shape index (κ3) is 2.48. The van der Waals surface area contributed by atoms with Crippen molar-refractivity contribution in [1.29, 1.82) is 0 Å². The first-order valence-electron chi connectivity index (χ1n) is 6.31. The van der Waals surface area contributed by atoms with Gasteiger partial charge in [0.25, 0.3) is 0 Å². The molecule has 0 bridgehead atoms. The van der Waals surface area contributed by atoms with Gasteiger partial charge in [-0.3, -0.25) is 0 Å². The number of pyridine rings is 1. The highest BCUT2D eigenvalue weighted by molar-refractivity contribution is 6.32. The number of nitrogens with zero attached hydrogens (tertiary/aromatic N) is 2. The van der Waals surface area contributed by atoms with E-state index in [0.29, 0.717) is 23.9 Å². The summed E-state index contributed by atoms with van der Waals surface area (Å²) in [6.45, 7) is 0.749. The number of imidazole rings is 1. The summed E-state index contributed by atoms with van der Waals surface area (Å²) in [4.78, 5) is 4.48. The predicted octanol–water partition coefficient (Wildman–Crippen LogP) is 3.03. The number of hydrogen-bond donors (Lipinski definition) is 1. The molecule has 4 nitrogen and oxygen atoms in total. The van der Waals surface area contributed by atoms with Gasteiger partial charge in [-0.25, -0.2) is 4.98 Å². The zero-order valence-corrected chi connectivity index (χ0v) is 11.5. The molecule has 2 N–H and O–H groups in total. The van der Waals surface area contributed by atoms with Crippen LogP contribution in [-0.4, -0.2) is 9.38 Å². The number of aromatic nitrogens is 2. The van der Waals surface area contributed by atoms with Crippen LogP contribution in [0.1, 0.15) is 11.3 Å². The quantitative estimate of drug-likeness (QED) is 0.802. The maximum atomic E-state index is 6.15. The fourth-order valence-electron chi connectivity index (χ4n) is 2.08. The van der Waals surface area contributed by atoms with Gasteiger partial charge in [0.15, 0.2) is 0 Å². The monoisotopic (exact) mass is 287 g/mol. The van der Waals surface area contributed by atoms with Crippen LogP contribution >= 0.6 is 11.6 Å². The summed E-state index contributed by atoms with van der Waals surface area (Å²) >= 11 is 6.15. The zero-order chi connectivity index (χ0) is 13.9. The Morgan fingerprint density at radius 3 is 2.90 bits per heavy atom. The summed E-state index contributed by atoms with van der Waals surface area (Å²) in [6.07, 6.45) is 3.89. The van der Waals surface area contributed by atoms with Gasteiger partial charge in [0.1, 0.15) is 18.0 Å². The Kier molecular flexibility index (Phi) is 3.58. The van der Waals surface area contributed by atoms with Crippen LogP contribution in [0.3, 0.4) is 0 Å². The van der Waals surface area contributed by atoms with Crippen LogP contribution in [0.15, 0.2) is 48.8 Å². The molecule has 1 aromatic carbocycles. The molecule has 0 aliphatic rings. The molecule has 3 rings (SSSR count). The molecule has 0 radical (unpaired) electrons. The molecule has 0 unspecified atom stereocenters. The van der Waals surface area contributed by atoms with Gasteiger partial charge in [0, 0.05) is 24.5 Å². The van der Waals surface area contributed by atoms with Crippen LogP contribution in [0.4, 0.5) is 0 Å². The largest absolute Gasteiger partial charge is 0.485 e. The van der Waals surface area contributed by atoms with E-state index < -0.39 is 0 Å². The number of fused-ring (bicyclic) bond motifs is 1. The molecule has 0 saturated carbocycles. The summed E-state index contributed by atoms with van der Waals surface area (Å²) in [5.41, 5.74) is 8.32. The molecule has 0 spiro atoms. The topological polar surface area (TPSA) is 52.5 Å². The molecule has 0 aliphatic carbocycles. The Balaban J connectivity index is 1.82. The van der Waals surface area contributed by atoms with Crippen molar-refractivity contribution in [3.63, 3.8) is 0 Å². The smallest absolute Gasteiger partial charge is 0.142 e. The highest BCUT2D eigenvalue weighted by atomic mass is 35.5. The minimum atomic E-state index is 0.360. The van der Waals surface area contributed by atoms with Gasteiger partial charge in [0.05, 0.1) is 10.7 Å². The fourth-order valence-corrected chi connectivity index (χ4v) is 2.33. The summed E-state index contributed by atoms with van der Waals surface area (Å²) in [7, 11) is 0. The molecule has 3 aromatic rings. The van der Waals surface area contributed by atoms with Crippen molar-refractivity contribution in [2.24, 2.45) is 5.73 Å². The summed E-state index contributed by atoms with van der Waals surface area (Å²) in [6, 6.07) is 11.4. The van der Waals surface area contributed by atoms with Gasteiger partial charge in [-0.2, -0.15) is 0 Å². The molecule has 0 fully saturated rings. The van der Waals surface area contributed by atoms with Crippen LogP contribution in [0.5, 0.6) is 5.75 Å². The maximum Gasteiger partial charge on any atom is 0.142 e. The molecular formula is C15H14ClN3O. The van der Waals surface area contributed by atoms with Gasteiger partial charge >= 0.3 is 0 Å². The highest BCUT2D eigenvalue weighted by Crippen LogP contribution is 2.29. The van der Waals surface area contributed by atoms with E-state index in [-0.39, 0.29) is 0 Å². The van der Waals surface area contributed by atoms with Crippen LogP contribution in [0.25, 0.3) is 5.65 Å². The highest BCUT2D eigenvalue weighted by Gasteiger charge is 2.09. The Bertz CT molecular complexity index is 706. The standard InChI is InChI=1S/C15H14ClN3O/c16-13-5-3-4-11(8-17)15(13)20-10-12-9-19-7-2-1-6-14(19)18-12/h1-7,9H,8,10,17H2. The number of rotatable bonds is 4. The van der Waals surface area contributed by atoms with Crippen molar-refractivity contribution >= 4 is 17.2 Å². The number of nitrogens with two attached hydrogens (primary N) is 1. The number of benzene rings is 1. The average molecular weight is 288 g/mol. The first-order chi connectivity index (χ1) is 9.78. The van der Waals surface area contributed by atoms with E-state index in [0.717, 1.165) is 16.9 Å². The number of hydrogen-bond acceptors (Lipinski definition) is 3. The molecule has 5 heteroatoms. The van der Waals surface area contributed by atoms with Crippen molar-refractivity contribution in [2.45, 2.75) is 13.2 Å². The SMILES string of the molecule is NCc1cccc(Cl)c1OCc1cn2ccccc2n1. The third-order valence-electron chi connectivity index (χ3n) is 3.05. The molecule has 2 heterocycles. The number of halogens is 1. The Hall–Kier alpha value is -2.04. The van der Waals surface area contributed by atoms with Crippen LogP contribution in [0.2, 0.25) is 5.02 Å². The predicted molar refractivity (Wildman–Crippen MR) is 78.9 cm³/mol. The second-order valence-electron chi connectivity index (χ2n) is 4.42. The van der Waals surface area contributed by atoms with Gasteiger partial charge < -0.3 is 14.9 Å². The first kappa shape index (κ1) is 13.0. The van der Waals surface area contributed by atoms with Crippen molar-refractivity contribution in [2.75, 3.05) is 0 Å². The minimum Gasteiger partial charge on any atom is -0.485 e. The average Bonchev–Trinajstić information content (AvgIpc) is 2.88. The molecular weight excluding hydrogens is 274 g/mol. The van der Waals surface area contributed by atoms with E-state index in [1.54, 1.807) is 6.07 Å². The van der Waals surface area contributed by atoms with Gasteiger partial charge in [-0.05, 0) is 18.2 Å². The van der Waals surface area contributed by atoms with Crippen molar-refractivity contribution in [3.05, 3.63) is 65.1 Å². The Morgan fingerprint density at radius 1 is 1.20 bits per heavy atom. The lowest BCUT2D eigenvalue weighted by Crippen LogP contribution is -2.03. The maximum absolute atomic E-state index is 6.15. The Labute approximate surface area is 121 Å². The lowest BCUT2D eigenvalue weighted by molar-refractivity contribution is 0.299. The third-order valence-corrected chi connectivity index (χ3v) is 3.34. The van der Waals surface area contributed by atoms with Crippen LogP contribution in [-0.2, 0) is 13.2 Å². The van der Waals surface area contributed by atoms with Crippen LogP contribution < -0.4 is 10.5 Å². The molecule has 2 aromatic heterocycles. The van der Waals surface area contributed by atoms with Crippen molar-refractivity contribution < 1.29 is 4.74 Å². The van der Waals surface area contributed by atoms with Gasteiger partial charge in [0.2, 0.25) is 0 Å². The molecule has 0 aliphatic heterocycles. The fraction of sp³-hybridized carbons (Fsp3) is 0.133. The van der Waals surface area contributed by atoms with Gasteiger partial charge in [-0.15, -0.1) is 0 Å². The van der Waals surface area contributed by atoms with Crippen LogP contribution in [0, 0.1) is 0 Å². The molecule has 102 valence electrons. The lowest BCUT2D eigenvalue weighted by Gasteiger charge is -2.10. The van der Waals surface area contributed by atoms with Crippen molar-refractivity contribution in [3.8, 4) is 5.75 Å². The van der Waals surface area contributed by atoms with E-state index in [9.17, 15) is 0 Å². The summed E-state index contributed by atoms with van der Waals surface area (Å²) < 4.78 is 7.74. The zero-order valence-electron chi connectivity index (χ0n) is 10.8. The van der Waals surface area contributed by atoms with E-state index >= 15 is 0 Å². The number of para-hydroxylation sites is 1. The first-order valence-corrected chi connectivity index (χ1v) is 6.68. The second-order valence-corrected chi connectivity index (χ2v) is 4.83. The minimum absolute atomic E-state index is 0.360. The van der Waals surface area contributed by atoms with Crippen molar-refractivity contribution in [1.82, 2.24) is 9.38 Å². The van der Waals surface area contributed by atoms with E-state index in [4.69, 9.17) is 22.1 Å². The summed E-state index contributed by atoms with van der Waals surface area (Å²) in [5, 5.41) is 0.566. The normalized spacial score (nSPS) is 10.9. The Morgan fingerprint density at radius 2 is 2.10 bits per heavy atom. The molecule has 0 atom stereocenters. The number of ether oxygens (including phenoxy) is 1. The van der Waals surface area contributed by atoms with E-state index in [2.05, 4.69) is 4.98 Å².